The van der Waals surface area contributed by atoms with Crippen molar-refractivity contribution >= 4 is 17.5 Å². The number of aliphatic hydroxyl groups is 3. The fourth-order valence-electron chi connectivity index (χ4n) is 7.24. The van der Waals surface area contributed by atoms with Gasteiger partial charge in [-0.2, -0.15) is 0 Å². The van der Waals surface area contributed by atoms with Crippen LogP contribution >= 0.6 is 0 Å². The fraction of sp³-hybridized carbons (Fsp3) is 0.158. The van der Waals surface area contributed by atoms with Gasteiger partial charge in [0, 0.05) is 54.5 Å². The minimum absolute atomic E-state index is 0.220. The van der Waals surface area contributed by atoms with Gasteiger partial charge in [-0.05, 0) is 66.1 Å². The van der Waals surface area contributed by atoms with Crippen LogP contribution in [0.1, 0.15) is 40.6 Å². The van der Waals surface area contributed by atoms with E-state index in [4.69, 9.17) is 4.74 Å². The first-order chi connectivity index (χ1) is 35.9. The van der Waals surface area contributed by atoms with E-state index in [1.165, 1.54) is 42.7 Å². The molecule has 0 fully saturated rings. The van der Waals surface area contributed by atoms with Gasteiger partial charge in [0.2, 0.25) is 0 Å². The summed E-state index contributed by atoms with van der Waals surface area (Å²) in [6, 6.07) is 55.0. The molecular weight excluding hydrogens is 948 g/mol. The van der Waals surface area contributed by atoms with Crippen molar-refractivity contribution in [3.63, 3.8) is 0 Å². The molecule has 0 saturated carbocycles. The second-order valence-electron chi connectivity index (χ2n) is 16.5. The maximum absolute atomic E-state index is 12.4. The highest BCUT2D eigenvalue weighted by Gasteiger charge is 2.31. The molecular formula is C57H54F3N9O5. The number of alkyl halides is 3. The lowest BCUT2D eigenvalue weighted by Gasteiger charge is -2.13. The molecule has 0 aliphatic rings. The molecule has 378 valence electrons. The Labute approximate surface area is 426 Å². The molecule has 6 N–H and O–H groups in total. The van der Waals surface area contributed by atoms with Crippen LogP contribution in [0.4, 0.5) is 30.6 Å². The molecule has 74 heavy (non-hydrogen) atoms. The largest absolute Gasteiger partial charge is 0.573 e. The van der Waals surface area contributed by atoms with Gasteiger partial charge in [0.05, 0.1) is 42.5 Å². The second-order valence-corrected chi connectivity index (χ2v) is 16.5. The topological polar surface area (TPSA) is 193 Å². The molecule has 0 spiro atoms. The summed E-state index contributed by atoms with van der Waals surface area (Å²) in [4.78, 5) is 25.2. The molecule has 0 aliphatic carbocycles. The third-order valence-corrected chi connectivity index (χ3v) is 11.0. The van der Waals surface area contributed by atoms with E-state index in [1.807, 2.05) is 140 Å². The van der Waals surface area contributed by atoms with Crippen molar-refractivity contribution in [2.24, 2.45) is 0 Å². The van der Waals surface area contributed by atoms with Crippen molar-refractivity contribution in [1.82, 2.24) is 29.9 Å². The van der Waals surface area contributed by atoms with Crippen molar-refractivity contribution in [2.75, 3.05) is 42.7 Å². The number of hydrogen-bond donors (Lipinski definition) is 6. The highest BCUT2D eigenvalue weighted by Crippen LogP contribution is 2.29. The number of aryl methyl sites for hydroxylation is 1. The van der Waals surface area contributed by atoms with Crippen molar-refractivity contribution in [2.45, 2.75) is 31.6 Å². The van der Waals surface area contributed by atoms with Crippen LogP contribution in [0.2, 0.25) is 0 Å². The molecule has 9 rings (SSSR count). The van der Waals surface area contributed by atoms with Crippen molar-refractivity contribution in [3.05, 3.63) is 223 Å². The van der Waals surface area contributed by atoms with Crippen LogP contribution in [0, 0.1) is 6.92 Å². The molecule has 0 radical (unpaired) electrons. The summed E-state index contributed by atoms with van der Waals surface area (Å²) in [5, 5.41) is 39.9. The predicted molar refractivity (Wildman–Crippen MR) is 280 cm³/mol. The van der Waals surface area contributed by atoms with Crippen LogP contribution in [0.3, 0.4) is 0 Å². The normalized spacial score (nSPS) is 12.1. The van der Waals surface area contributed by atoms with E-state index in [1.54, 1.807) is 19.2 Å². The Morgan fingerprint density at radius 1 is 0.432 bits per heavy atom. The zero-order valence-electron chi connectivity index (χ0n) is 40.4. The van der Waals surface area contributed by atoms with Crippen molar-refractivity contribution in [3.8, 4) is 45.3 Å². The number of halogens is 3. The van der Waals surface area contributed by atoms with Gasteiger partial charge in [0.1, 0.15) is 47.9 Å². The lowest BCUT2D eigenvalue weighted by Crippen LogP contribution is -2.17. The standard InChI is InChI=1S/C19H16F3N3O2.C19H19N3O2.C19H19N3O/c20-19(21,22)27-15-8-4-7-14(9-15)16-10-18(25-12-24-16)23-11-17(26)13-5-2-1-3-6-13;1-24-16-9-7-14(8-10-16)17-11-19(22-13-21-17)20-12-18(23)15-5-3-2-4-6-15;1-14-6-5-9-16(10-14)17-11-19(22-13-21-17)20-12-18(23)15-7-3-2-4-8-15/h1-10,12,17,26H,11H2,(H,23,24,25);2-11,13,18,23H,12H2,1H3,(H,20,21,22);2-11,13,18,23H,12H2,1H3,(H,20,21,22). The molecule has 17 heteroatoms. The first kappa shape index (κ1) is 53.0. The first-order valence-corrected chi connectivity index (χ1v) is 23.3. The highest BCUT2D eigenvalue weighted by atomic mass is 19.4. The summed E-state index contributed by atoms with van der Waals surface area (Å²) in [6.45, 7) is 3.05. The van der Waals surface area contributed by atoms with Gasteiger partial charge >= 0.3 is 6.36 Å². The highest BCUT2D eigenvalue weighted by molar-refractivity contribution is 5.65. The summed E-state index contributed by atoms with van der Waals surface area (Å²) < 4.78 is 46.2. The fourth-order valence-corrected chi connectivity index (χ4v) is 7.24. The number of aromatic nitrogens is 6. The Bertz CT molecular complexity index is 3110. The van der Waals surface area contributed by atoms with E-state index in [0.29, 0.717) is 41.8 Å². The predicted octanol–water partition coefficient (Wildman–Crippen LogP) is 11.1. The van der Waals surface area contributed by atoms with E-state index in [0.717, 1.165) is 45.0 Å². The summed E-state index contributed by atoms with van der Waals surface area (Å²) in [6.07, 6.45) is -2.31. The molecule has 0 amide bonds. The Balaban J connectivity index is 0.000000163. The molecule has 0 aliphatic heterocycles. The first-order valence-electron chi connectivity index (χ1n) is 23.3. The molecule has 0 saturated heterocycles. The lowest BCUT2D eigenvalue weighted by molar-refractivity contribution is -0.274. The van der Waals surface area contributed by atoms with Crippen LogP contribution in [-0.2, 0) is 0 Å². The maximum Gasteiger partial charge on any atom is 0.573 e. The molecule has 0 bridgehead atoms. The average Bonchev–Trinajstić information content (AvgIpc) is 3.44. The SMILES string of the molecule is COc1ccc(-c2cc(NCC(O)c3ccccc3)ncn2)cc1.Cc1cccc(-c2cc(NCC(O)c3ccccc3)ncn2)c1.OC(CNc1cc(-c2cccc(OC(F)(F)F)c2)ncn1)c1ccccc1. The van der Waals surface area contributed by atoms with E-state index < -0.39 is 24.7 Å². The van der Waals surface area contributed by atoms with Crippen LogP contribution < -0.4 is 25.4 Å². The van der Waals surface area contributed by atoms with Gasteiger partial charge in [-0.15, -0.1) is 13.2 Å². The van der Waals surface area contributed by atoms with Gasteiger partial charge < -0.3 is 40.7 Å². The lowest BCUT2D eigenvalue weighted by atomic mass is 10.1. The number of aliphatic hydroxyl groups excluding tert-OH is 3. The van der Waals surface area contributed by atoms with E-state index in [9.17, 15) is 28.5 Å². The third-order valence-electron chi connectivity index (χ3n) is 11.0. The smallest absolute Gasteiger partial charge is 0.497 e. The summed E-state index contributed by atoms with van der Waals surface area (Å²) >= 11 is 0. The van der Waals surface area contributed by atoms with Gasteiger partial charge in [-0.25, -0.2) is 29.9 Å². The van der Waals surface area contributed by atoms with Gasteiger partial charge in [-0.1, -0.05) is 127 Å². The van der Waals surface area contributed by atoms with E-state index in [-0.39, 0.29) is 12.3 Å². The van der Waals surface area contributed by atoms with Gasteiger partial charge in [0.15, 0.2) is 0 Å². The Morgan fingerprint density at radius 3 is 1.22 bits per heavy atom. The number of ether oxygens (including phenoxy) is 2. The number of anilines is 3. The second kappa shape index (κ2) is 26.6. The average molecular weight is 1000 g/mol. The van der Waals surface area contributed by atoms with Crippen molar-refractivity contribution in [1.29, 1.82) is 0 Å². The quantitative estimate of drug-likeness (QED) is 0.0505. The monoisotopic (exact) mass is 1000 g/mol. The maximum atomic E-state index is 12.4. The van der Waals surface area contributed by atoms with Crippen LogP contribution in [-0.4, -0.2) is 78.3 Å². The molecule has 3 atom stereocenters. The van der Waals surface area contributed by atoms with Crippen LogP contribution in [0.25, 0.3) is 33.8 Å². The van der Waals surface area contributed by atoms with E-state index >= 15 is 0 Å². The molecule has 3 heterocycles. The summed E-state index contributed by atoms with van der Waals surface area (Å²) in [5.74, 6) is 2.29. The molecule has 9 aromatic rings. The van der Waals surface area contributed by atoms with Crippen LogP contribution in [0.15, 0.2) is 201 Å². The number of hydrogen-bond acceptors (Lipinski definition) is 14. The van der Waals surface area contributed by atoms with Crippen molar-refractivity contribution < 1.29 is 38.0 Å². The van der Waals surface area contributed by atoms with E-state index in [2.05, 4.69) is 69.6 Å². The minimum atomic E-state index is -4.76. The molecule has 3 unspecified atom stereocenters. The van der Waals surface area contributed by atoms with Gasteiger partial charge in [-0.3, -0.25) is 0 Å². The molecule has 6 aromatic carbocycles. The Hall–Kier alpha value is -8.77. The number of nitrogens with zero attached hydrogens (tertiary/aromatic N) is 6. The Kier molecular flexibility index (Phi) is 19.1. The Morgan fingerprint density at radius 2 is 0.824 bits per heavy atom. The molecule has 14 nitrogen and oxygen atoms in total. The minimum Gasteiger partial charge on any atom is -0.497 e. The third kappa shape index (κ3) is 16.7. The summed E-state index contributed by atoms with van der Waals surface area (Å²) in [7, 11) is 1.64. The zero-order valence-corrected chi connectivity index (χ0v) is 40.4. The van der Waals surface area contributed by atoms with Gasteiger partial charge in [0.25, 0.3) is 0 Å². The molecule has 3 aromatic heterocycles. The number of methoxy groups -OCH3 is 1. The number of benzene rings is 6. The summed E-state index contributed by atoms with van der Waals surface area (Å²) in [5.41, 5.74) is 8.28. The zero-order chi connectivity index (χ0) is 52.1. The van der Waals surface area contributed by atoms with Crippen LogP contribution in [0.5, 0.6) is 11.5 Å². The number of nitrogens with one attached hydrogen (secondary N) is 3. The number of rotatable bonds is 17.